The Balaban J connectivity index is 2.41. The summed E-state index contributed by atoms with van der Waals surface area (Å²) < 4.78 is 0. The van der Waals surface area contributed by atoms with Gasteiger partial charge in [0.1, 0.15) is 0 Å². The van der Waals surface area contributed by atoms with Crippen LogP contribution in [0.5, 0.6) is 0 Å². The van der Waals surface area contributed by atoms with Gasteiger partial charge in [-0.25, -0.2) is 5.90 Å². The lowest BCUT2D eigenvalue weighted by molar-refractivity contribution is 0.141. The molecule has 0 fully saturated rings. The summed E-state index contributed by atoms with van der Waals surface area (Å²) >= 11 is 0. The summed E-state index contributed by atoms with van der Waals surface area (Å²) in [5, 5.41) is 9.15. The predicted molar refractivity (Wildman–Crippen MR) is 60.3 cm³/mol. The van der Waals surface area contributed by atoms with E-state index >= 15 is 0 Å². The molecule has 3 heteroatoms. The van der Waals surface area contributed by atoms with Crippen LogP contribution in [0.15, 0.2) is 24.3 Å². The fourth-order valence-electron chi connectivity index (χ4n) is 1.42. The molecule has 1 rings (SSSR count). The zero-order valence-corrected chi connectivity index (χ0v) is 9.15. The van der Waals surface area contributed by atoms with Crippen molar-refractivity contribution >= 4 is 0 Å². The molecule has 0 aliphatic rings. The zero-order chi connectivity index (χ0) is 11.1. The van der Waals surface area contributed by atoms with Gasteiger partial charge in [-0.05, 0) is 37.3 Å². The monoisotopic (exact) mass is 209 g/mol. The molecule has 0 aliphatic heterocycles. The van der Waals surface area contributed by atoms with Gasteiger partial charge in [0.2, 0.25) is 0 Å². The topological polar surface area (TPSA) is 55.5 Å². The first-order valence-electron chi connectivity index (χ1n) is 5.30. The van der Waals surface area contributed by atoms with Crippen molar-refractivity contribution in [1.29, 1.82) is 0 Å². The Morgan fingerprint density at radius 1 is 1.20 bits per heavy atom. The standard InChI is InChI=1S/C12H19NO2/c1-10(14)2-3-11-4-6-12(7-5-11)8-9-15-13/h4-7,10,14H,2-3,8-9,13H2,1H3. The van der Waals surface area contributed by atoms with E-state index in [1.165, 1.54) is 11.1 Å². The van der Waals surface area contributed by atoms with E-state index in [1.807, 2.05) is 6.92 Å². The molecule has 0 amide bonds. The lowest BCUT2D eigenvalue weighted by Gasteiger charge is -2.05. The number of aliphatic hydroxyl groups excluding tert-OH is 1. The van der Waals surface area contributed by atoms with Crippen molar-refractivity contribution in [3.63, 3.8) is 0 Å². The SMILES string of the molecule is CC(O)CCc1ccc(CCON)cc1. The van der Waals surface area contributed by atoms with E-state index in [0.29, 0.717) is 6.61 Å². The van der Waals surface area contributed by atoms with Gasteiger partial charge < -0.3 is 9.94 Å². The van der Waals surface area contributed by atoms with Crippen LogP contribution in [-0.2, 0) is 17.7 Å². The fourth-order valence-corrected chi connectivity index (χ4v) is 1.42. The second kappa shape index (κ2) is 6.56. The second-order valence-corrected chi connectivity index (χ2v) is 3.82. The Labute approximate surface area is 90.8 Å². The summed E-state index contributed by atoms with van der Waals surface area (Å²) in [4.78, 5) is 4.52. The first-order chi connectivity index (χ1) is 7.22. The molecule has 1 atom stereocenters. The highest BCUT2D eigenvalue weighted by Gasteiger charge is 1.98. The van der Waals surface area contributed by atoms with E-state index < -0.39 is 0 Å². The maximum absolute atomic E-state index is 9.15. The molecule has 0 spiro atoms. The van der Waals surface area contributed by atoms with E-state index in [0.717, 1.165) is 19.3 Å². The normalized spacial score (nSPS) is 12.7. The highest BCUT2D eigenvalue weighted by Crippen LogP contribution is 2.08. The Morgan fingerprint density at radius 2 is 1.73 bits per heavy atom. The minimum Gasteiger partial charge on any atom is -0.393 e. The quantitative estimate of drug-likeness (QED) is 0.697. The van der Waals surface area contributed by atoms with Crippen molar-refractivity contribution < 1.29 is 9.94 Å². The predicted octanol–water partition coefficient (Wildman–Crippen LogP) is 1.43. The van der Waals surface area contributed by atoms with Gasteiger partial charge in [-0.2, -0.15) is 0 Å². The molecule has 1 aromatic rings. The fraction of sp³-hybridized carbons (Fsp3) is 0.500. The highest BCUT2D eigenvalue weighted by atomic mass is 16.6. The van der Waals surface area contributed by atoms with E-state index in [4.69, 9.17) is 11.0 Å². The average molecular weight is 209 g/mol. The van der Waals surface area contributed by atoms with E-state index in [1.54, 1.807) is 0 Å². The minimum absolute atomic E-state index is 0.227. The smallest absolute Gasteiger partial charge is 0.0719 e. The van der Waals surface area contributed by atoms with Crippen LogP contribution in [0, 0.1) is 0 Å². The molecule has 84 valence electrons. The van der Waals surface area contributed by atoms with Crippen LogP contribution in [0.1, 0.15) is 24.5 Å². The van der Waals surface area contributed by atoms with Gasteiger partial charge in [-0.15, -0.1) is 0 Å². The van der Waals surface area contributed by atoms with Crippen molar-refractivity contribution in [2.24, 2.45) is 5.90 Å². The first-order valence-corrected chi connectivity index (χ1v) is 5.30. The average Bonchev–Trinajstić information content (AvgIpc) is 2.25. The number of benzene rings is 1. The summed E-state index contributed by atoms with van der Waals surface area (Å²) in [5.41, 5.74) is 2.48. The molecule has 1 unspecified atom stereocenters. The lowest BCUT2D eigenvalue weighted by Crippen LogP contribution is -2.04. The number of aryl methyl sites for hydroxylation is 1. The maximum atomic E-state index is 9.15. The van der Waals surface area contributed by atoms with E-state index in [2.05, 4.69) is 29.1 Å². The van der Waals surface area contributed by atoms with Crippen LogP contribution in [-0.4, -0.2) is 17.8 Å². The van der Waals surface area contributed by atoms with Crippen molar-refractivity contribution in [1.82, 2.24) is 0 Å². The van der Waals surface area contributed by atoms with Crippen LogP contribution < -0.4 is 5.90 Å². The van der Waals surface area contributed by atoms with Gasteiger partial charge in [-0.1, -0.05) is 24.3 Å². The lowest BCUT2D eigenvalue weighted by atomic mass is 10.0. The number of hydrogen-bond donors (Lipinski definition) is 2. The summed E-state index contributed by atoms with van der Waals surface area (Å²) in [6, 6.07) is 8.34. The molecule has 0 saturated carbocycles. The van der Waals surface area contributed by atoms with Crippen molar-refractivity contribution in [2.75, 3.05) is 6.61 Å². The van der Waals surface area contributed by atoms with Gasteiger partial charge in [0, 0.05) is 0 Å². The molecule has 15 heavy (non-hydrogen) atoms. The van der Waals surface area contributed by atoms with E-state index in [-0.39, 0.29) is 6.10 Å². The second-order valence-electron chi connectivity index (χ2n) is 3.82. The van der Waals surface area contributed by atoms with Crippen molar-refractivity contribution in [3.05, 3.63) is 35.4 Å². The van der Waals surface area contributed by atoms with Gasteiger partial charge in [0.15, 0.2) is 0 Å². The third kappa shape index (κ3) is 4.93. The summed E-state index contributed by atoms with van der Waals surface area (Å²) in [6.45, 7) is 2.36. The third-order valence-electron chi connectivity index (χ3n) is 2.38. The number of hydrogen-bond acceptors (Lipinski definition) is 3. The molecular weight excluding hydrogens is 190 g/mol. The van der Waals surface area contributed by atoms with Crippen LogP contribution >= 0.6 is 0 Å². The van der Waals surface area contributed by atoms with Gasteiger partial charge in [-0.3, -0.25) is 0 Å². The van der Waals surface area contributed by atoms with Gasteiger partial charge in [0.25, 0.3) is 0 Å². The molecule has 0 heterocycles. The van der Waals surface area contributed by atoms with Crippen LogP contribution in [0.3, 0.4) is 0 Å². The van der Waals surface area contributed by atoms with Crippen LogP contribution in [0.2, 0.25) is 0 Å². The first kappa shape index (κ1) is 12.2. The van der Waals surface area contributed by atoms with Gasteiger partial charge in [0.05, 0.1) is 12.7 Å². The summed E-state index contributed by atoms with van der Waals surface area (Å²) in [5.74, 6) is 4.96. The Kier molecular flexibility index (Phi) is 5.32. The Bertz CT molecular complexity index is 269. The largest absolute Gasteiger partial charge is 0.393 e. The zero-order valence-electron chi connectivity index (χ0n) is 9.15. The molecule has 0 aromatic heterocycles. The molecule has 1 aromatic carbocycles. The molecule has 0 radical (unpaired) electrons. The molecule has 3 N–H and O–H groups in total. The van der Waals surface area contributed by atoms with Crippen LogP contribution in [0.25, 0.3) is 0 Å². The van der Waals surface area contributed by atoms with Crippen LogP contribution in [0.4, 0.5) is 0 Å². The van der Waals surface area contributed by atoms with Crippen molar-refractivity contribution in [2.45, 2.75) is 32.3 Å². The third-order valence-corrected chi connectivity index (χ3v) is 2.38. The minimum atomic E-state index is -0.227. The number of nitrogens with two attached hydrogens (primary N) is 1. The number of rotatable bonds is 6. The van der Waals surface area contributed by atoms with Gasteiger partial charge >= 0.3 is 0 Å². The summed E-state index contributed by atoms with van der Waals surface area (Å²) in [7, 11) is 0. The summed E-state index contributed by atoms with van der Waals surface area (Å²) in [6.07, 6.45) is 2.35. The number of aliphatic hydroxyl groups is 1. The maximum Gasteiger partial charge on any atom is 0.0719 e. The highest BCUT2D eigenvalue weighted by molar-refractivity contribution is 5.22. The molecule has 3 nitrogen and oxygen atoms in total. The Hall–Kier alpha value is -0.900. The molecular formula is C12H19NO2. The molecule has 0 bridgehead atoms. The molecule has 0 aliphatic carbocycles. The Morgan fingerprint density at radius 3 is 2.20 bits per heavy atom. The molecule has 0 saturated heterocycles. The van der Waals surface area contributed by atoms with E-state index in [9.17, 15) is 0 Å². The van der Waals surface area contributed by atoms with Crippen molar-refractivity contribution in [3.8, 4) is 0 Å².